The Labute approximate surface area is 231 Å². The van der Waals surface area contributed by atoms with Crippen LogP contribution in [0.1, 0.15) is 57.8 Å². The largest absolute Gasteiger partial charge is 0.322 e. The first-order valence-electron chi connectivity index (χ1n) is 13.8. The Balaban J connectivity index is 1.07. The van der Waals surface area contributed by atoms with Crippen molar-refractivity contribution in [2.24, 2.45) is 5.92 Å². The summed E-state index contributed by atoms with van der Waals surface area (Å²) in [5.41, 5.74) is 6.27. The normalized spacial score (nSPS) is 24.1. The third-order valence-corrected chi connectivity index (χ3v) is 9.01. The van der Waals surface area contributed by atoms with E-state index in [2.05, 4.69) is 5.32 Å². The maximum Gasteiger partial charge on any atom is 0.264 e. The lowest BCUT2D eigenvalue weighted by molar-refractivity contribution is -0.136. The Morgan fingerprint density at radius 2 is 1.57 bits per heavy atom. The fourth-order valence-electron chi connectivity index (χ4n) is 7.19. The molecule has 1 N–H and O–H groups in total. The molecule has 6 nitrogen and oxygen atoms in total. The number of benzene rings is 3. The molecule has 3 aromatic rings. The Kier molecular flexibility index (Phi) is 5.85. The van der Waals surface area contributed by atoms with Crippen LogP contribution in [0.2, 0.25) is 0 Å². The number of nitrogens with one attached hydrogen (secondary N) is 1. The summed E-state index contributed by atoms with van der Waals surface area (Å²) in [6.07, 6.45) is 0.883. The van der Waals surface area contributed by atoms with Gasteiger partial charge in [-0.05, 0) is 58.8 Å². The molecule has 3 aromatic carbocycles. The number of alkyl halides is 2. The summed E-state index contributed by atoms with van der Waals surface area (Å²) in [6.45, 7) is 0.865. The van der Waals surface area contributed by atoms with Gasteiger partial charge in [0, 0.05) is 36.9 Å². The zero-order chi connectivity index (χ0) is 27.6. The van der Waals surface area contributed by atoms with Crippen LogP contribution in [0.15, 0.2) is 66.7 Å². The standard InChI is InChI=1S/C32H29F2N3O3/c33-32(34)18-36(14-13-26(32)29-24-7-3-1-5-22(24)23-6-2-4-8-25(23)29)16-19-9-10-21-20(15-19)17-37(31(21)40)27-11-12-28(38)35-30(27)39/h1-10,15,26-27,29H,11-14,16-18H2,(H,35,38,39)/t26-,27?/m1/s1. The first-order valence-corrected chi connectivity index (χ1v) is 13.8. The number of likely N-dealkylation sites (tertiary alicyclic amines) is 1. The van der Waals surface area contributed by atoms with Crippen molar-refractivity contribution in [1.82, 2.24) is 15.1 Å². The van der Waals surface area contributed by atoms with Crippen LogP contribution in [0.25, 0.3) is 11.1 Å². The summed E-state index contributed by atoms with van der Waals surface area (Å²) in [5.74, 6) is -4.99. The molecule has 3 heterocycles. The Morgan fingerprint density at radius 3 is 2.25 bits per heavy atom. The molecule has 1 unspecified atom stereocenters. The summed E-state index contributed by atoms with van der Waals surface area (Å²) in [4.78, 5) is 40.2. The second-order valence-electron chi connectivity index (χ2n) is 11.4. The maximum absolute atomic E-state index is 15.9. The summed E-state index contributed by atoms with van der Waals surface area (Å²) in [6, 6.07) is 20.6. The van der Waals surface area contributed by atoms with Gasteiger partial charge in [0.1, 0.15) is 6.04 Å². The molecule has 7 rings (SSSR count). The first-order chi connectivity index (χ1) is 19.3. The van der Waals surface area contributed by atoms with E-state index in [4.69, 9.17) is 0 Å². The van der Waals surface area contributed by atoms with E-state index in [9.17, 15) is 14.4 Å². The third kappa shape index (κ3) is 4.04. The minimum absolute atomic E-state index is 0.198. The Hall–Kier alpha value is -3.91. The van der Waals surface area contributed by atoms with Crippen molar-refractivity contribution in [1.29, 1.82) is 0 Å². The molecule has 40 heavy (non-hydrogen) atoms. The number of hydrogen-bond donors (Lipinski definition) is 1. The molecule has 0 bridgehead atoms. The van der Waals surface area contributed by atoms with E-state index in [0.29, 0.717) is 31.5 Å². The number of rotatable bonds is 4. The average molecular weight is 542 g/mol. The van der Waals surface area contributed by atoms with E-state index in [0.717, 1.165) is 33.4 Å². The predicted molar refractivity (Wildman–Crippen MR) is 145 cm³/mol. The van der Waals surface area contributed by atoms with Crippen LogP contribution in [0, 0.1) is 5.92 Å². The molecule has 8 heteroatoms. The molecule has 0 radical (unpaired) electrons. The molecule has 3 aliphatic heterocycles. The van der Waals surface area contributed by atoms with Crippen molar-refractivity contribution in [3.8, 4) is 11.1 Å². The zero-order valence-electron chi connectivity index (χ0n) is 21.9. The summed E-state index contributed by atoms with van der Waals surface area (Å²) < 4.78 is 31.8. The highest BCUT2D eigenvalue weighted by Crippen LogP contribution is 2.53. The number of amides is 3. The van der Waals surface area contributed by atoms with Crippen LogP contribution in [0.5, 0.6) is 0 Å². The molecule has 0 spiro atoms. The maximum atomic E-state index is 15.9. The van der Waals surface area contributed by atoms with Gasteiger partial charge in [-0.25, -0.2) is 8.78 Å². The SMILES string of the molecule is O=C1CCC(N2Cc3cc(CN4CC[C@H](C5c6ccccc6-c6ccccc65)C(F)(F)C4)ccc3C2=O)C(=O)N1. The van der Waals surface area contributed by atoms with E-state index in [-0.39, 0.29) is 37.2 Å². The number of fused-ring (bicyclic) bond motifs is 4. The van der Waals surface area contributed by atoms with Crippen LogP contribution < -0.4 is 5.32 Å². The van der Waals surface area contributed by atoms with Crippen molar-refractivity contribution >= 4 is 17.7 Å². The van der Waals surface area contributed by atoms with Crippen molar-refractivity contribution in [2.75, 3.05) is 13.1 Å². The van der Waals surface area contributed by atoms with E-state index >= 15 is 8.78 Å². The molecule has 0 aromatic heterocycles. The van der Waals surface area contributed by atoms with E-state index in [1.165, 1.54) is 4.90 Å². The van der Waals surface area contributed by atoms with E-state index in [1.54, 1.807) is 11.0 Å². The molecule has 4 aliphatic rings. The predicted octanol–water partition coefficient (Wildman–Crippen LogP) is 4.72. The van der Waals surface area contributed by atoms with Gasteiger partial charge in [-0.3, -0.25) is 24.6 Å². The van der Waals surface area contributed by atoms with Crippen molar-refractivity contribution < 1.29 is 23.2 Å². The van der Waals surface area contributed by atoms with Gasteiger partial charge in [0.15, 0.2) is 0 Å². The number of hydrogen-bond acceptors (Lipinski definition) is 4. The van der Waals surface area contributed by atoms with Gasteiger partial charge >= 0.3 is 0 Å². The van der Waals surface area contributed by atoms with Crippen LogP contribution in [-0.4, -0.2) is 52.6 Å². The average Bonchev–Trinajstić information content (AvgIpc) is 3.43. The van der Waals surface area contributed by atoms with Crippen LogP contribution in [0.4, 0.5) is 8.78 Å². The minimum Gasteiger partial charge on any atom is -0.322 e. The molecular weight excluding hydrogens is 512 g/mol. The second-order valence-corrected chi connectivity index (χ2v) is 11.4. The van der Waals surface area contributed by atoms with Gasteiger partial charge in [-0.2, -0.15) is 0 Å². The van der Waals surface area contributed by atoms with Gasteiger partial charge in [0.05, 0.1) is 6.54 Å². The number of halogens is 2. The molecule has 204 valence electrons. The quantitative estimate of drug-likeness (QED) is 0.486. The molecule has 3 amide bonds. The van der Waals surface area contributed by atoms with Crippen molar-refractivity contribution in [2.45, 2.75) is 50.2 Å². The van der Waals surface area contributed by atoms with Crippen molar-refractivity contribution in [3.63, 3.8) is 0 Å². The molecule has 2 atom stereocenters. The van der Waals surface area contributed by atoms with Gasteiger partial charge < -0.3 is 4.90 Å². The number of nitrogens with zero attached hydrogens (tertiary/aromatic N) is 2. The molecule has 0 saturated carbocycles. The van der Waals surface area contributed by atoms with Gasteiger partial charge in [-0.1, -0.05) is 60.7 Å². The molecular formula is C32H29F2N3O3. The lowest BCUT2D eigenvalue weighted by atomic mass is 9.76. The summed E-state index contributed by atoms with van der Waals surface area (Å²) in [5, 5.41) is 2.31. The highest BCUT2D eigenvalue weighted by molar-refractivity contribution is 6.05. The monoisotopic (exact) mass is 541 g/mol. The lowest BCUT2D eigenvalue weighted by Gasteiger charge is -2.41. The fourth-order valence-corrected chi connectivity index (χ4v) is 7.19. The van der Waals surface area contributed by atoms with Gasteiger partial charge in [0.2, 0.25) is 11.8 Å². The number of piperidine rings is 2. The van der Waals surface area contributed by atoms with Crippen LogP contribution in [-0.2, 0) is 22.7 Å². The van der Waals surface area contributed by atoms with Gasteiger partial charge in [-0.15, -0.1) is 0 Å². The number of carbonyl (C=O) groups excluding carboxylic acids is 3. The van der Waals surface area contributed by atoms with Crippen molar-refractivity contribution in [3.05, 3.63) is 94.5 Å². The molecule has 2 saturated heterocycles. The smallest absolute Gasteiger partial charge is 0.264 e. The Bertz CT molecular complexity index is 1510. The number of imide groups is 1. The molecule has 1 aliphatic carbocycles. The van der Waals surface area contributed by atoms with E-state index < -0.39 is 23.8 Å². The lowest BCUT2D eigenvalue weighted by Crippen LogP contribution is -2.52. The molecule has 2 fully saturated rings. The highest BCUT2D eigenvalue weighted by atomic mass is 19.3. The van der Waals surface area contributed by atoms with E-state index in [1.807, 2.05) is 60.7 Å². The van der Waals surface area contributed by atoms with Crippen LogP contribution in [0.3, 0.4) is 0 Å². The topological polar surface area (TPSA) is 69.7 Å². The summed E-state index contributed by atoms with van der Waals surface area (Å²) in [7, 11) is 0. The van der Waals surface area contributed by atoms with Gasteiger partial charge in [0.25, 0.3) is 11.8 Å². The Morgan fingerprint density at radius 1 is 0.875 bits per heavy atom. The number of carbonyl (C=O) groups is 3. The highest BCUT2D eigenvalue weighted by Gasteiger charge is 2.51. The summed E-state index contributed by atoms with van der Waals surface area (Å²) >= 11 is 0. The zero-order valence-corrected chi connectivity index (χ0v) is 21.9. The third-order valence-electron chi connectivity index (χ3n) is 9.01. The minimum atomic E-state index is -2.87. The second kappa shape index (κ2) is 9.34. The fraction of sp³-hybridized carbons (Fsp3) is 0.344. The first kappa shape index (κ1) is 25.1. The van der Waals surface area contributed by atoms with Crippen LogP contribution >= 0.6 is 0 Å².